The van der Waals surface area contributed by atoms with E-state index >= 15 is 0 Å². The van der Waals surface area contributed by atoms with Crippen LogP contribution < -0.4 is 0 Å². The predicted octanol–water partition coefficient (Wildman–Crippen LogP) is 4.14. The summed E-state index contributed by atoms with van der Waals surface area (Å²) in [5.41, 5.74) is 4.43. The lowest BCUT2D eigenvalue weighted by Crippen LogP contribution is -1.90. The number of nitrogens with zero attached hydrogens (tertiary/aromatic N) is 3. The predicted molar refractivity (Wildman–Crippen MR) is 86.0 cm³/mol. The number of aromatic nitrogens is 3. The molecule has 4 heteroatoms. The molecule has 0 unspecified atom stereocenters. The van der Waals surface area contributed by atoms with Crippen LogP contribution in [0.5, 0.6) is 0 Å². The molecule has 0 spiro atoms. The quantitative estimate of drug-likeness (QED) is 0.678. The Kier molecular flexibility index (Phi) is 4.26. The smallest absolute Gasteiger partial charge is 0.119 e. The van der Waals surface area contributed by atoms with Crippen LogP contribution >= 0.6 is 11.8 Å². The van der Waals surface area contributed by atoms with E-state index in [1.807, 2.05) is 24.4 Å². The minimum Gasteiger partial charge on any atom is -0.264 e. The highest BCUT2D eigenvalue weighted by Crippen LogP contribution is 2.22. The molecule has 21 heavy (non-hydrogen) atoms. The molecule has 3 aromatic rings. The zero-order chi connectivity index (χ0) is 14.5. The average molecular weight is 293 g/mol. The van der Waals surface area contributed by atoms with Gasteiger partial charge in [-0.3, -0.25) is 4.98 Å². The van der Waals surface area contributed by atoms with Crippen LogP contribution in [0.1, 0.15) is 11.1 Å². The van der Waals surface area contributed by atoms with E-state index in [1.165, 1.54) is 11.1 Å². The molecule has 0 atom stereocenters. The maximum absolute atomic E-state index is 4.30. The SMILES string of the molecule is Cc1ccc(-c2ccc(SCc3cccnc3)nn2)cc1. The van der Waals surface area contributed by atoms with Gasteiger partial charge in [0, 0.05) is 23.7 Å². The summed E-state index contributed by atoms with van der Waals surface area (Å²) in [6.45, 7) is 2.08. The van der Waals surface area contributed by atoms with E-state index in [1.54, 1.807) is 18.0 Å². The lowest BCUT2D eigenvalue weighted by atomic mass is 10.1. The van der Waals surface area contributed by atoms with E-state index in [4.69, 9.17) is 0 Å². The summed E-state index contributed by atoms with van der Waals surface area (Å²) < 4.78 is 0. The van der Waals surface area contributed by atoms with E-state index in [2.05, 4.69) is 52.4 Å². The second-order valence-electron chi connectivity index (χ2n) is 4.77. The van der Waals surface area contributed by atoms with E-state index in [9.17, 15) is 0 Å². The van der Waals surface area contributed by atoms with Gasteiger partial charge in [-0.2, -0.15) is 0 Å². The van der Waals surface area contributed by atoms with E-state index in [-0.39, 0.29) is 0 Å². The van der Waals surface area contributed by atoms with Crippen LogP contribution in [0, 0.1) is 6.92 Å². The van der Waals surface area contributed by atoms with Crippen LogP contribution in [0.4, 0.5) is 0 Å². The van der Waals surface area contributed by atoms with Gasteiger partial charge in [0.25, 0.3) is 0 Å². The van der Waals surface area contributed by atoms with Crippen LogP contribution in [-0.4, -0.2) is 15.2 Å². The summed E-state index contributed by atoms with van der Waals surface area (Å²) in [4.78, 5) is 4.11. The normalized spacial score (nSPS) is 10.5. The van der Waals surface area contributed by atoms with Crippen molar-refractivity contribution in [3.8, 4) is 11.3 Å². The number of hydrogen-bond acceptors (Lipinski definition) is 4. The molecule has 0 amide bonds. The molecule has 1 aromatic carbocycles. The van der Waals surface area contributed by atoms with Gasteiger partial charge in [0.2, 0.25) is 0 Å². The van der Waals surface area contributed by atoms with E-state index in [0.29, 0.717) is 0 Å². The van der Waals surface area contributed by atoms with Crippen molar-refractivity contribution >= 4 is 11.8 Å². The zero-order valence-corrected chi connectivity index (χ0v) is 12.5. The summed E-state index contributed by atoms with van der Waals surface area (Å²) in [5, 5.41) is 9.52. The highest BCUT2D eigenvalue weighted by Gasteiger charge is 2.02. The minimum absolute atomic E-state index is 0.854. The third-order valence-electron chi connectivity index (χ3n) is 3.10. The van der Waals surface area contributed by atoms with Crippen molar-refractivity contribution in [1.82, 2.24) is 15.2 Å². The van der Waals surface area contributed by atoms with Crippen molar-refractivity contribution < 1.29 is 0 Å². The Bertz CT molecular complexity index is 694. The molecule has 0 saturated heterocycles. The Hall–Kier alpha value is -2.20. The lowest BCUT2D eigenvalue weighted by Gasteiger charge is -2.03. The number of aryl methyl sites for hydroxylation is 1. The molecular formula is C17H15N3S. The Labute approximate surface area is 128 Å². The van der Waals surface area contributed by atoms with Gasteiger partial charge in [0.1, 0.15) is 5.03 Å². The number of hydrogen-bond donors (Lipinski definition) is 0. The van der Waals surface area contributed by atoms with Gasteiger partial charge < -0.3 is 0 Å². The van der Waals surface area contributed by atoms with Crippen molar-refractivity contribution in [2.45, 2.75) is 17.7 Å². The van der Waals surface area contributed by atoms with Crippen molar-refractivity contribution in [3.63, 3.8) is 0 Å². The highest BCUT2D eigenvalue weighted by molar-refractivity contribution is 7.98. The molecule has 0 N–H and O–H groups in total. The van der Waals surface area contributed by atoms with Crippen LogP contribution in [0.2, 0.25) is 0 Å². The van der Waals surface area contributed by atoms with Crippen LogP contribution in [-0.2, 0) is 5.75 Å². The van der Waals surface area contributed by atoms with E-state index < -0.39 is 0 Å². The fourth-order valence-corrected chi connectivity index (χ4v) is 2.66. The third kappa shape index (κ3) is 3.67. The molecule has 0 saturated carbocycles. The van der Waals surface area contributed by atoms with Crippen LogP contribution in [0.15, 0.2) is 66.0 Å². The molecule has 0 bridgehead atoms. The largest absolute Gasteiger partial charge is 0.264 e. The molecule has 0 aliphatic rings. The van der Waals surface area contributed by atoms with Crippen molar-refractivity contribution in [1.29, 1.82) is 0 Å². The molecule has 3 rings (SSSR count). The zero-order valence-electron chi connectivity index (χ0n) is 11.7. The van der Waals surface area contributed by atoms with E-state index in [0.717, 1.165) is 22.0 Å². The second-order valence-corrected chi connectivity index (χ2v) is 5.77. The molecular weight excluding hydrogens is 278 g/mol. The molecule has 3 nitrogen and oxygen atoms in total. The molecule has 2 heterocycles. The highest BCUT2D eigenvalue weighted by atomic mass is 32.2. The molecule has 0 aliphatic carbocycles. The van der Waals surface area contributed by atoms with Crippen molar-refractivity contribution in [2.75, 3.05) is 0 Å². The molecule has 0 radical (unpaired) electrons. The van der Waals surface area contributed by atoms with Gasteiger partial charge in [0.05, 0.1) is 5.69 Å². The minimum atomic E-state index is 0.854. The maximum Gasteiger partial charge on any atom is 0.119 e. The van der Waals surface area contributed by atoms with Crippen molar-refractivity contribution in [2.24, 2.45) is 0 Å². The summed E-state index contributed by atoms with van der Waals surface area (Å²) in [6.07, 6.45) is 3.66. The summed E-state index contributed by atoms with van der Waals surface area (Å²) in [7, 11) is 0. The molecule has 2 aromatic heterocycles. The topological polar surface area (TPSA) is 38.7 Å². The van der Waals surface area contributed by atoms with Gasteiger partial charge in [-0.1, -0.05) is 47.7 Å². The Balaban J connectivity index is 1.68. The third-order valence-corrected chi connectivity index (χ3v) is 4.09. The maximum atomic E-state index is 4.30. The lowest BCUT2D eigenvalue weighted by molar-refractivity contribution is 0.935. The first-order valence-electron chi connectivity index (χ1n) is 6.74. The fourth-order valence-electron chi connectivity index (χ4n) is 1.92. The van der Waals surface area contributed by atoms with Crippen molar-refractivity contribution in [3.05, 3.63) is 72.1 Å². The Morgan fingerprint density at radius 1 is 0.952 bits per heavy atom. The average Bonchev–Trinajstić information content (AvgIpc) is 2.55. The molecule has 0 aliphatic heterocycles. The Morgan fingerprint density at radius 3 is 2.48 bits per heavy atom. The Morgan fingerprint density at radius 2 is 1.81 bits per heavy atom. The summed E-state index contributed by atoms with van der Waals surface area (Å²) >= 11 is 1.67. The summed E-state index contributed by atoms with van der Waals surface area (Å²) in [6, 6.07) is 16.4. The standard InChI is InChI=1S/C17H15N3S/c1-13-4-6-15(7-5-13)16-8-9-17(20-19-16)21-12-14-3-2-10-18-11-14/h2-11H,12H2,1H3. The van der Waals surface area contributed by atoms with Gasteiger partial charge in [-0.05, 0) is 30.7 Å². The summed E-state index contributed by atoms with van der Waals surface area (Å²) in [5.74, 6) is 0.854. The second kappa shape index (κ2) is 6.50. The van der Waals surface area contributed by atoms with Crippen LogP contribution in [0.25, 0.3) is 11.3 Å². The fraction of sp³-hybridized carbons (Fsp3) is 0.118. The number of thioether (sulfide) groups is 1. The number of rotatable bonds is 4. The first-order valence-corrected chi connectivity index (χ1v) is 7.72. The van der Waals surface area contributed by atoms with Gasteiger partial charge >= 0.3 is 0 Å². The van der Waals surface area contributed by atoms with Gasteiger partial charge in [0.15, 0.2) is 0 Å². The first-order chi connectivity index (χ1) is 10.3. The number of benzene rings is 1. The first kappa shape index (κ1) is 13.8. The van der Waals surface area contributed by atoms with Gasteiger partial charge in [-0.15, -0.1) is 10.2 Å². The number of pyridine rings is 1. The molecule has 104 valence electrons. The monoisotopic (exact) mass is 293 g/mol. The molecule has 0 fully saturated rings. The van der Waals surface area contributed by atoms with Gasteiger partial charge in [-0.25, -0.2) is 0 Å². The van der Waals surface area contributed by atoms with Crippen LogP contribution in [0.3, 0.4) is 0 Å².